The summed E-state index contributed by atoms with van der Waals surface area (Å²) in [6.07, 6.45) is 4.79. The summed E-state index contributed by atoms with van der Waals surface area (Å²) in [5.41, 5.74) is 0.953. The van der Waals surface area contributed by atoms with Crippen LogP contribution in [0, 0.1) is 5.41 Å². The fourth-order valence-corrected chi connectivity index (χ4v) is 3.80. The first-order valence-corrected chi connectivity index (χ1v) is 9.56. The van der Waals surface area contributed by atoms with Gasteiger partial charge in [0.05, 0.1) is 24.4 Å². The van der Waals surface area contributed by atoms with Gasteiger partial charge in [-0.2, -0.15) is 0 Å². The molecule has 1 aromatic carbocycles. The fraction of sp³-hybridized carbons (Fsp3) is 0.474. The Morgan fingerprint density at radius 1 is 1.31 bits per heavy atom. The van der Waals surface area contributed by atoms with Crippen molar-refractivity contribution in [2.24, 2.45) is 5.41 Å². The Bertz CT molecular complexity index is 817. The van der Waals surface area contributed by atoms with Crippen LogP contribution in [0.2, 0.25) is 10.0 Å². The van der Waals surface area contributed by atoms with Crippen molar-refractivity contribution in [3.05, 3.63) is 40.3 Å². The van der Waals surface area contributed by atoms with Crippen molar-refractivity contribution in [3.63, 3.8) is 0 Å². The smallest absolute Gasteiger partial charge is 0.223 e. The zero-order chi connectivity index (χ0) is 18.1. The molecule has 1 aliphatic heterocycles. The van der Waals surface area contributed by atoms with Crippen LogP contribution in [-0.2, 0) is 16.0 Å². The highest BCUT2D eigenvalue weighted by Gasteiger charge is 2.46. The van der Waals surface area contributed by atoms with E-state index in [-0.39, 0.29) is 11.3 Å². The highest BCUT2D eigenvalue weighted by Crippen LogP contribution is 2.47. The monoisotopic (exact) mass is 394 g/mol. The number of halogens is 2. The minimum atomic E-state index is 0.131. The Morgan fingerprint density at radius 3 is 2.92 bits per heavy atom. The lowest BCUT2D eigenvalue weighted by Gasteiger charge is -2.23. The van der Waals surface area contributed by atoms with Gasteiger partial charge in [0.25, 0.3) is 0 Å². The van der Waals surface area contributed by atoms with E-state index >= 15 is 0 Å². The van der Waals surface area contributed by atoms with Gasteiger partial charge < -0.3 is 14.1 Å². The summed E-state index contributed by atoms with van der Waals surface area (Å²) in [5, 5.41) is 1.08. The van der Waals surface area contributed by atoms with Crippen molar-refractivity contribution in [1.82, 2.24) is 9.88 Å². The summed E-state index contributed by atoms with van der Waals surface area (Å²) < 4.78 is 11.4. The van der Waals surface area contributed by atoms with E-state index in [9.17, 15) is 4.79 Å². The quantitative estimate of drug-likeness (QED) is 0.778. The van der Waals surface area contributed by atoms with Gasteiger partial charge in [-0.05, 0) is 31.0 Å². The number of amides is 1. The molecule has 0 N–H and O–H groups in total. The van der Waals surface area contributed by atoms with Gasteiger partial charge in [0, 0.05) is 41.9 Å². The van der Waals surface area contributed by atoms with E-state index in [4.69, 9.17) is 32.4 Å². The first-order valence-electron chi connectivity index (χ1n) is 8.80. The lowest BCUT2D eigenvalue weighted by atomic mass is 10.1. The summed E-state index contributed by atoms with van der Waals surface area (Å²) in [6.45, 7) is 2.87. The Kier molecular flexibility index (Phi) is 4.95. The molecule has 26 heavy (non-hydrogen) atoms. The number of hydrogen-bond acceptors (Lipinski definition) is 4. The minimum Gasteiger partial charge on any atom is -0.441 e. The molecule has 2 aromatic rings. The molecule has 1 aliphatic carbocycles. The van der Waals surface area contributed by atoms with E-state index in [0.717, 1.165) is 31.6 Å². The topological polar surface area (TPSA) is 55.6 Å². The van der Waals surface area contributed by atoms with Crippen LogP contribution >= 0.6 is 23.2 Å². The molecular weight excluding hydrogens is 375 g/mol. The van der Waals surface area contributed by atoms with Gasteiger partial charge in [0.1, 0.15) is 0 Å². The normalized spacial score (nSPS) is 18.8. The van der Waals surface area contributed by atoms with Crippen LogP contribution in [0.5, 0.6) is 0 Å². The third kappa shape index (κ3) is 3.90. The number of carbonyl (C=O) groups excluding carboxylic acids is 1. The first kappa shape index (κ1) is 17.8. The molecular formula is C19H20Cl2N2O3. The number of aromatic nitrogens is 1. The summed E-state index contributed by atoms with van der Waals surface area (Å²) in [7, 11) is 0. The van der Waals surface area contributed by atoms with Crippen molar-refractivity contribution >= 4 is 29.1 Å². The number of carbonyl (C=O) groups is 1. The van der Waals surface area contributed by atoms with E-state index in [1.807, 2.05) is 4.90 Å². The summed E-state index contributed by atoms with van der Waals surface area (Å²) in [6, 6.07) is 5.22. The Labute approximate surface area is 162 Å². The van der Waals surface area contributed by atoms with Crippen molar-refractivity contribution < 1.29 is 13.9 Å². The molecule has 1 aromatic heterocycles. The third-order valence-electron chi connectivity index (χ3n) is 5.05. The largest absolute Gasteiger partial charge is 0.441 e. The van der Waals surface area contributed by atoms with E-state index in [1.165, 1.54) is 0 Å². The average Bonchev–Trinajstić information content (AvgIpc) is 3.29. The van der Waals surface area contributed by atoms with Crippen LogP contribution in [-0.4, -0.2) is 42.1 Å². The molecule has 1 saturated heterocycles. The van der Waals surface area contributed by atoms with Gasteiger partial charge in [0.2, 0.25) is 5.91 Å². The number of rotatable bonds is 4. The van der Waals surface area contributed by atoms with Crippen molar-refractivity contribution in [2.75, 3.05) is 26.3 Å². The maximum Gasteiger partial charge on any atom is 0.223 e. The van der Waals surface area contributed by atoms with E-state index in [1.54, 1.807) is 24.4 Å². The third-order valence-corrected chi connectivity index (χ3v) is 5.60. The van der Waals surface area contributed by atoms with Crippen molar-refractivity contribution in [1.29, 1.82) is 0 Å². The van der Waals surface area contributed by atoms with Crippen LogP contribution in [0.3, 0.4) is 0 Å². The van der Waals surface area contributed by atoms with Crippen molar-refractivity contribution in [2.45, 2.75) is 25.7 Å². The molecule has 1 saturated carbocycles. The number of benzene rings is 1. The average molecular weight is 395 g/mol. The predicted molar refractivity (Wildman–Crippen MR) is 99.3 cm³/mol. The lowest BCUT2D eigenvalue weighted by Crippen LogP contribution is -2.36. The molecule has 0 radical (unpaired) electrons. The van der Waals surface area contributed by atoms with E-state index < -0.39 is 0 Å². The molecule has 138 valence electrons. The molecule has 0 atom stereocenters. The molecule has 1 spiro atoms. The second-order valence-electron chi connectivity index (χ2n) is 7.11. The predicted octanol–water partition coefficient (Wildman–Crippen LogP) is 4.22. The van der Waals surface area contributed by atoms with Crippen LogP contribution < -0.4 is 0 Å². The molecule has 2 aliphatic rings. The lowest BCUT2D eigenvalue weighted by molar-refractivity contribution is -0.131. The molecule has 7 heteroatoms. The van der Waals surface area contributed by atoms with Crippen LogP contribution in [0.15, 0.2) is 28.8 Å². The van der Waals surface area contributed by atoms with Crippen molar-refractivity contribution in [3.8, 4) is 11.3 Å². The van der Waals surface area contributed by atoms with Gasteiger partial charge in [-0.25, -0.2) is 4.98 Å². The van der Waals surface area contributed by atoms with Gasteiger partial charge >= 0.3 is 0 Å². The maximum atomic E-state index is 12.6. The Balaban J connectivity index is 1.37. The summed E-state index contributed by atoms with van der Waals surface area (Å²) in [5.74, 6) is 1.24. The number of hydrogen-bond donors (Lipinski definition) is 0. The molecule has 1 amide bonds. The highest BCUT2D eigenvalue weighted by molar-refractivity contribution is 6.36. The fourth-order valence-electron chi connectivity index (χ4n) is 3.30. The Morgan fingerprint density at radius 2 is 2.15 bits per heavy atom. The Hall–Kier alpha value is -1.56. The minimum absolute atomic E-state index is 0.131. The zero-order valence-electron chi connectivity index (χ0n) is 14.3. The van der Waals surface area contributed by atoms with Gasteiger partial charge in [0.15, 0.2) is 11.7 Å². The van der Waals surface area contributed by atoms with Crippen LogP contribution in [0.1, 0.15) is 25.2 Å². The van der Waals surface area contributed by atoms with Crippen LogP contribution in [0.4, 0.5) is 0 Å². The first-order chi connectivity index (χ1) is 12.5. The summed E-state index contributed by atoms with van der Waals surface area (Å²) >= 11 is 12.1. The van der Waals surface area contributed by atoms with Crippen LogP contribution in [0.25, 0.3) is 11.3 Å². The molecule has 4 rings (SSSR count). The second-order valence-corrected chi connectivity index (χ2v) is 7.95. The maximum absolute atomic E-state index is 12.6. The molecule has 2 fully saturated rings. The number of oxazole rings is 1. The molecule has 5 nitrogen and oxygen atoms in total. The number of ether oxygens (including phenoxy) is 1. The zero-order valence-corrected chi connectivity index (χ0v) is 15.9. The highest BCUT2D eigenvalue weighted by atomic mass is 35.5. The van der Waals surface area contributed by atoms with Gasteiger partial charge in [-0.1, -0.05) is 23.2 Å². The van der Waals surface area contributed by atoms with Gasteiger partial charge in [-0.15, -0.1) is 0 Å². The molecule has 0 unspecified atom stereocenters. The number of nitrogens with zero attached hydrogens (tertiary/aromatic N) is 2. The molecule has 2 heterocycles. The molecule has 0 bridgehead atoms. The number of aryl methyl sites for hydroxylation is 1. The van der Waals surface area contributed by atoms with Gasteiger partial charge in [-0.3, -0.25) is 4.79 Å². The van der Waals surface area contributed by atoms with E-state index in [0.29, 0.717) is 47.7 Å². The summed E-state index contributed by atoms with van der Waals surface area (Å²) in [4.78, 5) is 18.8. The SMILES string of the molecule is O=C(CCc1ncc(-c2ccc(Cl)cc2Cl)o1)N1CCOCC2(CC2)C1. The standard InChI is InChI=1S/C19H20Cl2N2O3/c20-13-1-2-14(15(21)9-13)16-10-22-17(26-16)3-4-18(24)23-7-8-25-12-19(11-23)5-6-19/h1-2,9-10H,3-8,11-12H2. The van der Waals surface area contributed by atoms with E-state index in [2.05, 4.69) is 4.98 Å². The second kappa shape index (κ2) is 7.22.